The summed E-state index contributed by atoms with van der Waals surface area (Å²) in [6.07, 6.45) is 0. The van der Waals surface area contributed by atoms with Crippen molar-refractivity contribution in [2.75, 3.05) is 56.6 Å². The number of ether oxygens (including phenoxy) is 1. The maximum absolute atomic E-state index is 13.5. The molecule has 37 heavy (non-hydrogen) atoms. The summed E-state index contributed by atoms with van der Waals surface area (Å²) in [5.74, 6) is 0.313. The van der Waals surface area contributed by atoms with E-state index in [9.17, 15) is 14.4 Å². The summed E-state index contributed by atoms with van der Waals surface area (Å²) < 4.78 is 5.16. The van der Waals surface area contributed by atoms with E-state index in [0.29, 0.717) is 61.8 Å². The molecule has 200 valence electrons. The molecule has 0 spiro atoms. The maximum Gasteiger partial charge on any atom is 0.317 e. The molecule has 2 aromatic rings. The number of carbonyl (C=O) groups is 3. The summed E-state index contributed by atoms with van der Waals surface area (Å²) in [5, 5.41) is 5.92. The largest absolute Gasteiger partial charge is 0.497 e. The van der Waals surface area contributed by atoms with Gasteiger partial charge in [-0.05, 0) is 77.1 Å². The fourth-order valence-electron chi connectivity index (χ4n) is 4.24. The van der Waals surface area contributed by atoms with Crippen LogP contribution in [0.15, 0.2) is 42.5 Å². The lowest BCUT2D eigenvalue weighted by atomic mass is 10.1. The molecule has 1 aliphatic rings. The van der Waals surface area contributed by atoms with Crippen molar-refractivity contribution in [3.8, 4) is 5.75 Å². The van der Waals surface area contributed by atoms with Crippen molar-refractivity contribution in [3.63, 3.8) is 0 Å². The van der Waals surface area contributed by atoms with E-state index >= 15 is 0 Å². The minimum Gasteiger partial charge on any atom is -0.497 e. The van der Waals surface area contributed by atoms with Crippen molar-refractivity contribution in [2.24, 2.45) is 0 Å². The average Bonchev–Trinajstić information content (AvgIpc) is 2.88. The van der Waals surface area contributed by atoms with Crippen LogP contribution in [0.3, 0.4) is 0 Å². The van der Waals surface area contributed by atoms with Gasteiger partial charge < -0.3 is 30.1 Å². The highest BCUT2D eigenvalue weighted by molar-refractivity contribution is 6.06. The molecular weight excluding hydrogens is 470 g/mol. The number of hydrogen-bond acceptors (Lipinski definition) is 5. The zero-order valence-electron chi connectivity index (χ0n) is 22.8. The average molecular weight is 510 g/mol. The number of benzene rings is 2. The Bertz CT molecular complexity index is 1100. The quantitative estimate of drug-likeness (QED) is 0.587. The molecule has 0 atom stereocenters. The Morgan fingerprint density at radius 3 is 2.11 bits per heavy atom. The van der Waals surface area contributed by atoms with E-state index in [1.807, 2.05) is 46.8 Å². The molecular formula is C28H39N5O4. The molecule has 2 aromatic carbocycles. The van der Waals surface area contributed by atoms with Gasteiger partial charge in [-0.3, -0.25) is 9.59 Å². The number of carbonyl (C=O) groups excluding carboxylic acids is 3. The van der Waals surface area contributed by atoms with Crippen molar-refractivity contribution in [1.29, 1.82) is 0 Å². The molecule has 2 N–H and O–H groups in total. The number of piperazine rings is 1. The van der Waals surface area contributed by atoms with Crippen LogP contribution in [0.4, 0.5) is 16.2 Å². The van der Waals surface area contributed by atoms with Crippen molar-refractivity contribution in [3.05, 3.63) is 53.6 Å². The van der Waals surface area contributed by atoms with Gasteiger partial charge in [-0.1, -0.05) is 0 Å². The zero-order chi connectivity index (χ0) is 27.2. The topological polar surface area (TPSA) is 94.2 Å². The summed E-state index contributed by atoms with van der Waals surface area (Å²) >= 11 is 0. The van der Waals surface area contributed by atoms with E-state index in [2.05, 4.69) is 15.5 Å². The van der Waals surface area contributed by atoms with Crippen LogP contribution in [-0.2, 0) is 0 Å². The molecule has 1 saturated heterocycles. The lowest BCUT2D eigenvalue weighted by Gasteiger charge is -2.38. The summed E-state index contributed by atoms with van der Waals surface area (Å²) in [4.78, 5) is 44.6. The zero-order valence-corrected chi connectivity index (χ0v) is 22.8. The number of anilines is 2. The molecule has 9 heteroatoms. The van der Waals surface area contributed by atoms with Gasteiger partial charge in [-0.15, -0.1) is 0 Å². The highest BCUT2D eigenvalue weighted by Crippen LogP contribution is 2.28. The van der Waals surface area contributed by atoms with E-state index < -0.39 is 0 Å². The minimum atomic E-state index is -0.302. The molecule has 9 nitrogen and oxygen atoms in total. The Kier molecular flexibility index (Phi) is 9.02. The van der Waals surface area contributed by atoms with E-state index in [-0.39, 0.29) is 23.4 Å². The SMILES string of the molecule is CCN(CC)C(=O)c1cc(NC(=O)c2ccc(OC)cc2)ccc1N1CCN(C(=O)NC(C)(C)C)CC1. The fourth-order valence-corrected chi connectivity index (χ4v) is 4.24. The van der Waals surface area contributed by atoms with Crippen LogP contribution in [0.1, 0.15) is 55.3 Å². The van der Waals surface area contributed by atoms with Gasteiger partial charge in [0, 0.05) is 61.7 Å². The molecule has 0 bridgehead atoms. The number of nitrogens with zero attached hydrogens (tertiary/aromatic N) is 3. The molecule has 0 unspecified atom stereocenters. The van der Waals surface area contributed by atoms with Crippen LogP contribution in [0, 0.1) is 0 Å². The Hall–Kier alpha value is -3.75. The van der Waals surface area contributed by atoms with Gasteiger partial charge in [-0.25, -0.2) is 4.79 Å². The minimum absolute atomic E-state index is 0.0804. The third-order valence-corrected chi connectivity index (χ3v) is 6.28. The van der Waals surface area contributed by atoms with Crippen LogP contribution in [0.5, 0.6) is 5.75 Å². The Morgan fingerprint density at radius 2 is 1.57 bits per heavy atom. The Balaban J connectivity index is 1.82. The van der Waals surface area contributed by atoms with Crippen LogP contribution < -0.4 is 20.3 Å². The van der Waals surface area contributed by atoms with E-state index in [0.717, 1.165) is 5.69 Å². The van der Waals surface area contributed by atoms with Crippen molar-refractivity contribution in [1.82, 2.24) is 15.1 Å². The standard InChI is InChI=1S/C28H39N5O4/c1-7-31(8-2)26(35)23-19-21(29-25(34)20-9-12-22(37-6)13-10-20)11-14-24(23)32-15-17-33(18-16-32)27(36)30-28(3,4)5/h9-14,19H,7-8,15-18H2,1-6H3,(H,29,34)(H,30,36). The molecule has 0 aromatic heterocycles. The van der Waals surface area contributed by atoms with E-state index in [1.165, 1.54) is 0 Å². The first-order chi connectivity index (χ1) is 17.6. The van der Waals surface area contributed by atoms with E-state index in [4.69, 9.17) is 4.74 Å². The number of rotatable bonds is 7. The number of hydrogen-bond donors (Lipinski definition) is 2. The van der Waals surface area contributed by atoms with Gasteiger partial charge in [-0.2, -0.15) is 0 Å². The second kappa shape index (κ2) is 12.0. The summed E-state index contributed by atoms with van der Waals surface area (Å²) in [6.45, 7) is 13.3. The monoisotopic (exact) mass is 509 g/mol. The molecule has 0 aliphatic carbocycles. The van der Waals surface area contributed by atoms with Crippen LogP contribution >= 0.6 is 0 Å². The van der Waals surface area contributed by atoms with Crippen LogP contribution in [0.25, 0.3) is 0 Å². The molecule has 1 aliphatic heterocycles. The summed E-state index contributed by atoms with van der Waals surface area (Å²) in [5.41, 5.74) is 2.07. The predicted octanol–water partition coefficient (Wildman–Crippen LogP) is 4.06. The lowest BCUT2D eigenvalue weighted by Crippen LogP contribution is -2.55. The number of nitrogens with one attached hydrogen (secondary N) is 2. The third-order valence-electron chi connectivity index (χ3n) is 6.28. The van der Waals surface area contributed by atoms with Gasteiger partial charge in [0.15, 0.2) is 0 Å². The highest BCUT2D eigenvalue weighted by Gasteiger charge is 2.27. The molecule has 0 radical (unpaired) electrons. The highest BCUT2D eigenvalue weighted by atomic mass is 16.5. The van der Waals surface area contributed by atoms with Gasteiger partial charge >= 0.3 is 6.03 Å². The molecule has 1 fully saturated rings. The van der Waals surface area contributed by atoms with Crippen molar-refractivity contribution in [2.45, 2.75) is 40.2 Å². The van der Waals surface area contributed by atoms with Crippen molar-refractivity contribution >= 4 is 29.2 Å². The molecule has 4 amide bonds. The van der Waals surface area contributed by atoms with Crippen molar-refractivity contribution < 1.29 is 19.1 Å². The molecule has 1 heterocycles. The van der Waals surface area contributed by atoms with Crippen LogP contribution in [-0.4, -0.2) is 79.6 Å². The molecule has 3 rings (SSSR count). The predicted molar refractivity (Wildman–Crippen MR) is 147 cm³/mol. The Morgan fingerprint density at radius 1 is 0.946 bits per heavy atom. The normalized spacial score (nSPS) is 13.7. The van der Waals surface area contributed by atoms with Gasteiger partial charge in [0.1, 0.15) is 5.75 Å². The second-order valence-corrected chi connectivity index (χ2v) is 10.0. The summed E-state index contributed by atoms with van der Waals surface area (Å²) in [6, 6.07) is 12.2. The van der Waals surface area contributed by atoms with Gasteiger partial charge in [0.25, 0.3) is 11.8 Å². The van der Waals surface area contributed by atoms with Crippen LogP contribution in [0.2, 0.25) is 0 Å². The van der Waals surface area contributed by atoms with Gasteiger partial charge in [0.2, 0.25) is 0 Å². The number of amides is 4. The van der Waals surface area contributed by atoms with Gasteiger partial charge in [0.05, 0.1) is 12.7 Å². The van der Waals surface area contributed by atoms with E-state index in [1.54, 1.807) is 47.2 Å². The first kappa shape index (κ1) is 27.8. The lowest BCUT2D eigenvalue weighted by molar-refractivity contribution is 0.0773. The first-order valence-corrected chi connectivity index (χ1v) is 12.8. The first-order valence-electron chi connectivity index (χ1n) is 12.8. The number of urea groups is 1. The Labute approximate surface area is 219 Å². The number of methoxy groups -OCH3 is 1. The third kappa shape index (κ3) is 7.15. The molecule has 0 saturated carbocycles. The second-order valence-electron chi connectivity index (χ2n) is 10.0. The maximum atomic E-state index is 13.5. The summed E-state index contributed by atoms with van der Waals surface area (Å²) in [7, 11) is 1.57. The fraction of sp³-hybridized carbons (Fsp3) is 0.464. The smallest absolute Gasteiger partial charge is 0.317 e.